The molecule has 0 aliphatic rings. The summed E-state index contributed by atoms with van der Waals surface area (Å²) >= 11 is 3.15. The number of benzene rings is 1. The summed E-state index contributed by atoms with van der Waals surface area (Å²) in [6.45, 7) is 0.532. The number of rotatable bonds is 5. The van der Waals surface area contributed by atoms with Crippen LogP contribution in [0, 0.1) is 0 Å². The van der Waals surface area contributed by atoms with Crippen molar-refractivity contribution in [2.75, 3.05) is 6.61 Å². The number of H-pyrrole nitrogens is 1. The van der Waals surface area contributed by atoms with Gasteiger partial charge < -0.3 is 9.72 Å². The van der Waals surface area contributed by atoms with E-state index < -0.39 is 0 Å². The molecule has 1 aromatic heterocycles. The third kappa shape index (κ3) is 3.43. The minimum Gasteiger partial charge on any atom is -0.477 e. The lowest BCUT2D eigenvalue weighted by atomic mass is 10.1. The van der Waals surface area contributed by atoms with E-state index in [0.717, 1.165) is 12.8 Å². The Morgan fingerprint density at radius 2 is 2.06 bits per heavy atom. The molecular formula is C13H13BrN2O2. The molecule has 1 N–H and O–H groups in total. The summed E-state index contributed by atoms with van der Waals surface area (Å²) in [7, 11) is 0. The molecule has 0 unspecified atom stereocenters. The molecular weight excluding hydrogens is 296 g/mol. The number of ether oxygens (including phenoxy) is 1. The van der Waals surface area contributed by atoms with E-state index in [1.54, 1.807) is 0 Å². The number of hydrogen-bond acceptors (Lipinski definition) is 3. The van der Waals surface area contributed by atoms with Crippen LogP contribution in [0.2, 0.25) is 0 Å². The molecule has 2 rings (SSSR count). The monoisotopic (exact) mass is 308 g/mol. The Morgan fingerprint density at radius 1 is 1.28 bits per heavy atom. The number of nitrogens with zero attached hydrogens (tertiary/aromatic N) is 1. The third-order valence-electron chi connectivity index (χ3n) is 2.46. The highest BCUT2D eigenvalue weighted by Crippen LogP contribution is 2.16. The Kier molecular flexibility index (Phi) is 4.52. The van der Waals surface area contributed by atoms with Crippen molar-refractivity contribution in [3.8, 4) is 5.88 Å². The second kappa shape index (κ2) is 6.35. The van der Waals surface area contributed by atoms with Crippen LogP contribution in [0.15, 0.2) is 45.9 Å². The first kappa shape index (κ1) is 12.8. The predicted octanol–water partition coefficient (Wildman–Crippen LogP) is 2.54. The fourth-order valence-electron chi connectivity index (χ4n) is 1.56. The number of aromatic nitrogens is 2. The van der Waals surface area contributed by atoms with Crippen molar-refractivity contribution in [1.82, 2.24) is 9.97 Å². The van der Waals surface area contributed by atoms with Crippen molar-refractivity contribution in [2.45, 2.75) is 12.8 Å². The second-order valence-electron chi connectivity index (χ2n) is 3.79. The number of aryl methyl sites for hydroxylation is 1. The Bertz CT molecular complexity index is 554. The van der Waals surface area contributed by atoms with Crippen LogP contribution in [-0.2, 0) is 6.42 Å². The van der Waals surface area contributed by atoms with Gasteiger partial charge >= 0.3 is 0 Å². The van der Waals surface area contributed by atoms with E-state index in [1.165, 1.54) is 11.9 Å². The summed E-state index contributed by atoms with van der Waals surface area (Å²) in [6, 6.07) is 10.2. The zero-order valence-corrected chi connectivity index (χ0v) is 11.3. The normalized spacial score (nSPS) is 10.3. The lowest BCUT2D eigenvalue weighted by Crippen LogP contribution is -2.10. The first-order valence-corrected chi connectivity index (χ1v) is 6.46. The Morgan fingerprint density at radius 3 is 2.83 bits per heavy atom. The van der Waals surface area contributed by atoms with Crippen molar-refractivity contribution in [1.29, 1.82) is 0 Å². The number of hydrogen-bond donors (Lipinski definition) is 1. The van der Waals surface area contributed by atoms with E-state index in [2.05, 4.69) is 38.0 Å². The van der Waals surface area contributed by atoms with Gasteiger partial charge in [0, 0.05) is 0 Å². The van der Waals surface area contributed by atoms with E-state index in [0.29, 0.717) is 17.0 Å². The molecule has 1 aromatic carbocycles. The van der Waals surface area contributed by atoms with Gasteiger partial charge in [-0.1, -0.05) is 30.3 Å². The molecule has 0 aliphatic carbocycles. The highest BCUT2D eigenvalue weighted by atomic mass is 79.9. The fraction of sp³-hybridized carbons (Fsp3) is 0.231. The number of halogens is 1. The van der Waals surface area contributed by atoms with Crippen molar-refractivity contribution in [3.05, 3.63) is 57.0 Å². The Hall–Kier alpha value is -1.62. The molecule has 5 heteroatoms. The van der Waals surface area contributed by atoms with E-state index in [9.17, 15) is 4.79 Å². The molecule has 18 heavy (non-hydrogen) atoms. The van der Waals surface area contributed by atoms with Gasteiger partial charge in [-0.3, -0.25) is 4.79 Å². The zero-order valence-electron chi connectivity index (χ0n) is 9.73. The lowest BCUT2D eigenvalue weighted by Gasteiger charge is -2.06. The molecule has 0 saturated carbocycles. The summed E-state index contributed by atoms with van der Waals surface area (Å²) in [5, 5.41) is 0. The molecule has 2 aromatic rings. The van der Waals surface area contributed by atoms with Crippen LogP contribution < -0.4 is 10.3 Å². The van der Waals surface area contributed by atoms with E-state index in [-0.39, 0.29) is 5.56 Å². The summed E-state index contributed by atoms with van der Waals surface area (Å²) in [5.74, 6) is 0.340. The molecule has 0 saturated heterocycles. The average Bonchev–Trinajstić information content (AvgIpc) is 2.40. The first-order chi connectivity index (χ1) is 8.77. The van der Waals surface area contributed by atoms with E-state index in [4.69, 9.17) is 4.74 Å². The van der Waals surface area contributed by atoms with Gasteiger partial charge in [0.15, 0.2) is 0 Å². The minimum absolute atomic E-state index is 0.233. The lowest BCUT2D eigenvalue weighted by molar-refractivity contribution is 0.296. The second-order valence-corrected chi connectivity index (χ2v) is 4.58. The summed E-state index contributed by atoms with van der Waals surface area (Å²) in [4.78, 5) is 17.7. The molecule has 94 valence electrons. The smallest absolute Gasteiger partial charge is 0.268 e. The van der Waals surface area contributed by atoms with Crippen LogP contribution in [-0.4, -0.2) is 16.6 Å². The summed E-state index contributed by atoms with van der Waals surface area (Å²) in [6.07, 6.45) is 3.16. The summed E-state index contributed by atoms with van der Waals surface area (Å²) in [5.41, 5.74) is 1.04. The maximum Gasteiger partial charge on any atom is 0.268 e. The van der Waals surface area contributed by atoms with Crippen LogP contribution in [0.5, 0.6) is 5.88 Å². The Balaban J connectivity index is 1.82. The molecule has 0 fully saturated rings. The van der Waals surface area contributed by atoms with E-state index in [1.807, 2.05) is 18.2 Å². The molecule has 1 heterocycles. The third-order valence-corrected chi connectivity index (χ3v) is 3.16. The molecule has 0 aliphatic heterocycles. The first-order valence-electron chi connectivity index (χ1n) is 5.67. The maximum atomic E-state index is 11.3. The zero-order chi connectivity index (χ0) is 12.8. The van der Waals surface area contributed by atoms with Gasteiger partial charge in [-0.25, -0.2) is 4.98 Å². The van der Waals surface area contributed by atoms with Crippen LogP contribution in [0.3, 0.4) is 0 Å². The number of aromatic amines is 1. The highest BCUT2D eigenvalue weighted by Gasteiger charge is 2.05. The van der Waals surface area contributed by atoms with Gasteiger partial charge in [-0.15, -0.1) is 0 Å². The van der Waals surface area contributed by atoms with Crippen LogP contribution in [0.25, 0.3) is 0 Å². The molecule has 0 atom stereocenters. The van der Waals surface area contributed by atoms with Crippen molar-refractivity contribution < 1.29 is 4.74 Å². The van der Waals surface area contributed by atoms with Crippen molar-refractivity contribution >= 4 is 15.9 Å². The molecule has 0 amide bonds. The van der Waals surface area contributed by atoms with Crippen LogP contribution >= 0.6 is 15.9 Å². The van der Waals surface area contributed by atoms with Gasteiger partial charge in [0.05, 0.1) is 12.9 Å². The van der Waals surface area contributed by atoms with Gasteiger partial charge in [0.2, 0.25) is 5.88 Å². The highest BCUT2D eigenvalue weighted by molar-refractivity contribution is 9.10. The largest absolute Gasteiger partial charge is 0.477 e. The summed E-state index contributed by atoms with van der Waals surface area (Å²) < 4.78 is 5.80. The van der Waals surface area contributed by atoms with E-state index >= 15 is 0 Å². The maximum absolute atomic E-state index is 11.3. The molecule has 0 radical (unpaired) electrons. The molecule has 4 nitrogen and oxygen atoms in total. The Labute approximate surface area is 113 Å². The average molecular weight is 309 g/mol. The topological polar surface area (TPSA) is 55.0 Å². The van der Waals surface area contributed by atoms with Crippen LogP contribution in [0.4, 0.5) is 0 Å². The van der Waals surface area contributed by atoms with Crippen molar-refractivity contribution in [2.24, 2.45) is 0 Å². The minimum atomic E-state index is -0.233. The van der Waals surface area contributed by atoms with Gasteiger partial charge in [-0.2, -0.15) is 0 Å². The fourth-order valence-corrected chi connectivity index (χ4v) is 1.89. The van der Waals surface area contributed by atoms with Crippen LogP contribution in [0.1, 0.15) is 12.0 Å². The predicted molar refractivity (Wildman–Crippen MR) is 72.8 cm³/mol. The van der Waals surface area contributed by atoms with Gasteiger partial charge in [-0.05, 0) is 34.3 Å². The molecule has 0 spiro atoms. The van der Waals surface area contributed by atoms with Gasteiger partial charge in [0.25, 0.3) is 5.56 Å². The standard InChI is InChI=1S/C13H13BrN2O2/c14-11-12(17)15-9-16-13(11)18-8-4-7-10-5-2-1-3-6-10/h1-3,5-6,9H,4,7-8H2,(H,15,16,17). The molecule has 0 bridgehead atoms. The quantitative estimate of drug-likeness (QED) is 0.864. The van der Waals surface area contributed by atoms with Gasteiger partial charge in [0.1, 0.15) is 4.47 Å². The van der Waals surface area contributed by atoms with Crippen molar-refractivity contribution in [3.63, 3.8) is 0 Å². The SMILES string of the molecule is O=c1[nH]cnc(OCCCc2ccccc2)c1Br. The number of nitrogens with one attached hydrogen (secondary N) is 1.